The number of benzene rings is 2. The zero-order valence-electron chi connectivity index (χ0n) is 19.4. The van der Waals surface area contributed by atoms with Gasteiger partial charge >= 0.3 is 12.2 Å². The number of hydrogen-bond acceptors (Lipinski definition) is 4. The average Bonchev–Trinajstić information content (AvgIpc) is 3.19. The quantitative estimate of drug-likeness (QED) is 0.306. The van der Waals surface area contributed by atoms with Crippen LogP contribution in [0.5, 0.6) is 11.6 Å². The van der Waals surface area contributed by atoms with Crippen LogP contribution in [-0.4, -0.2) is 20.6 Å². The summed E-state index contributed by atoms with van der Waals surface area (Å²) in [5, 5.41) is 4.81. The maximum Gasteiger partial charge on any atom is 0.419 e. The number of rotatable bonds is 4. The van der Waals surface area contributed by atoms with Gasteiger partial charge in [-0.2, -0.15) is 18.2 Å². The van der Waals surface area contributed by atoms with E-state index >= 15 is 0 Å². The Balaban J connectivity index is 0.00000167. The first-order chi connectivity index (χ1) is 16.6. The number of nitrogens with zero attached hydrogens (tertiary/aromatic N) is 3. The van der Waals surface area contributed by atoms with Crippen molar-refractivity contribution in [2.45, 2.75) is 26.9 Å². The van der Waals surface area contributed by atoms with Gasteiger partial charge in [0.25, 0.3) is 0 Å². The van der Waals surface area contributed by atoms with Crippen LogP contribution in [0.1, 0.15) is 25.0 Å². The number of nitrogens with one attached hydrogen (secondary N) is 2. The summed E-state index contributed by atoms with van der Waals surface area (Å²) in [5.74, 6) is -0.591. The van der Waals surface area contributed by atoms with E-state index in [0.29, 0.717) is 40.5 Å². The van der Waals surface area contributed by atoms with E-state index in [2.05, 4.69) is 20.6 Å². The minimum atomic E-state index is -4.88. The van der Waals surface area contributed by atoms with Gasteiger partial charge in [0, 0.05) is 24.6 Å². The zero-order valence-corrected chi connectivity index (χ0v) is 19.4. The predicted octanol–water partition coefficient (Wildman–Crippen LogP) is 6.90. The highest BCUT2D eigenvalue weighted by Crippen LogP contribution is 2.33. The van der Waals surface area contributed by atoms with Crippen molar-refractivity contribution in [2.24, 2.45) is 7.05 Å². The van der Waals surface area contributed by atoms with Gasteiger partial charge in [-0.3, -0.25) is 0 Å². The van der Waals surface area contributed by atoms with Gasteiger partial charge in [0.1, 0.15) is 23.4 Å². The molecule has 0 unspecified atom stereocenters. The molecule has 2 aromatic carbocycles. The lowest BCUT2D eigenvalue weighted by Gasteiger charge is -2.13. The smallest absolute Gasteiger partial charge is 0.419 e. The molecule has 2 heterocycles. The number of aromatic nitrogens is 3. The standard InChI is InChI=1S/C22H17F4N5O2.C2H6/c1-12-9-14(33-20-19-18(27-11-28-20)7-8-31(19)2)4-6-17(12)30-21(32)29-13-3-5-16(23)15(10-13)22(24,25)26;1-2/h3-11H,1-2H3,(H2,29,30,32);1-2H3. The number of amides is 2. The molecule has 0 fully saturated rings. The highest BCUT2D eigenvalue weighted by molar-refractivity contribution is 6.00. The van der Waals surface area contributed by atoms with E-state index in [9.17, 15) is 22.4 Å². The fourth-order valence-corrected chi connectivity index (χ4v) is 3.22. The van der Waals surface area contributed by atoms with Crippen molar-refractivity contribution in [1.29, 1.82) is 0 Å². The Morgan fingerprint density at radius 2 is 1.77 bits per heavy atom. The average molecular weight is 489 g/mol. The number of anilines is 2. The van der Waals surface area contributed by atoms with E-state index < -0.39 is 23.6 Å². The third-order valence-corrected chi connectivity index (χ3v) is 4.82. The van der Waals surface area contributed by atoms with Crippen LogP contribution in [0.25, 0.3) is 11.0 Å². The van der Waals surface area contributed by atoms with Gasteiger partial charge in [-0.25, -0.2) is 14.2 Å². The molecule has 0 aliphatic rings. The van der Waals surface area contributed by atoms with E-state index in [-0.39, 0.29) is 5.69 Å². The molecule has 0 aliphatic carbocycles. The molecule has 2 N–H and O–H groups in total. The molecule has 11 heteroatoms. The van der Waals surface area contributed by atoms with E-state index in [0.717, 1.165) is 11.6 Å². The van der Waals surface area contributed by atoms with E-state index in [1.807, 2.05) is 37.7 Å². The Labute approximate surface area is 198 Å². The second-order valence-corrected chi connectivity index (χ2v) is 7.19. The first-order valence-electron chi connectivity index (χ1n) is 10.6. The van der Waals surface area contributed by atoms with Gasteiger partial charge in [-0.05, 0) is 55.0 Å². The van der Waals surface area contributed by atoms with Gasteiger partial charge < -0.3 is 19.9 Å². The maximum absolute atomic E-state index is 13.4. The fourth-order valence-electron chi connectivity index (χ4n) is 3.22. The molecule has 0 radical (unpaired) electrons. The number of alkyl halides is 3. The molecule has 0 saturated heterocycles. The molecule has 2 aromatic heterocycles. The van der Waals surface area contributed by atoms with Crippen LogP contribution in [-0.2, 0) is 13.2 Å². The van der Waals surface area contributed by atoms with Gasteiger partial charge in [0.2, 0.25) is 5.88 Å². The van der Waals surface area contributed by atoms with Crippen LogP contribution >= 0.6 is 0 Å². The first-order valence-corrected chi connectivity index (χ1v) is 10.6. The third kappa shape index (κ3) is 5.86. The Hall–Kier alpha value is -4.15. The number of fused-ring (bicyclic) bond motifs is 1. The van der Waals surface area contributed by atoms with Gasteiger partial charge in [-0.15, -0.1) is 0 Å². The fraction of sp³-hybridized carbons (Fsp3) is 0.208. The number of halogens is 4. The highest BCUT2D eigenvalue weighted by atomic mass is 19.4. The molecule has 7 nitrogen and oxygen atoms in total. The molecule has 0 atom stereocenters. The number of carbonyl (C=O) groups is 1. The van der Waals surface area contributed by atoms with Crippen LogP contribution in [0.4, 0.5) is 33.7 Å². The van der Waals surface area contributed by atoms with Crippen molar-refractivity contribution in [2.75, 3.05) is 10.6 Å². The Morgan fingerprint density at radius 3 is 2.46 bits per heavy atom. The molecule has 184 valence electrons. The van der Waals surface area contributed by atoms with E-state index in [1.54, 1.807) is 25.1 Å². The SMILES string of the molecule is CC.Cc1cc(Oc2ncnc3ccn(C)c23)ccc1NC(=O)Nc1ccc(F)c(C(F)(F)F)c1. The summed E-state index contributed by atoms with van der Waals surface area (Å²) >= 11 is 0. The van der Waals surface area contributed by atoms with E-state index in [1.165, 1.54) is 6.33 Å². The normalized spacial score (nSPS) is 11.0. The van der Waals surface area contributed by atoms with Crippen molar-refractivity contribution >= 4 is 28.4 Å². The van der Waals surface area contributed by atoms with Crippen molar-refractivity contribution in [3.8, 4) is 11.6 Å². The summed E-state index contributed by atoms with van der Waals surface area (Å²) in [5.41, 5.74) is 0.821. The third-order valence-electron chi connectivity index (χ3n) is 4.82. The maximum atomic E-state index is 13.4. The largest absolute Gasteiger partial charge is 0.437 e. The first kappa shape index (κ1) is 25.5. The number of carbonyl (C=O) groups excluding carboxylic acids is 1. The minimum Gasteiger partial charge on any atom is -0.437 e. The monoisotopic (exact) mass is 489 g/mol. The topological polar surface area (TPSA) is 81.1 Å². The molecule has 0 aliphatic heterocycles. The van der Waals surface area contributed by atoms with Crippen molar-refractivity contribution < 1.29 is 27.1 Å². The number of hydrogen-bond donors (Lipinski definition) is 2. The lowest BCUT2D eigenvalue weighted by atomic mass is 10.2. The number of ether oxygens (including phenoxy) is 1. The van der Waals surface area contributed by atoms with Gasteiger partial charge in [0.15, 0.2) is 0 Å². The van der Waals surface area contributed by atoms with Crippen LogP contribution in [0.2, 0.25) is 0 Å². The number of aryl methyl sites for hydroxylation is 2. The van der Waals surface area contributed by atoms with Crippen LogP contribution in [0, 0.1) is 12.7 Å². The Kier molecular flexibility index (Phi) is 7.58. The van der Waals surface area contributed by atoms with Crippen molar-refractivity contribution in [3.63, 3.8) is 0 Å². The molecule has 2 amide bonds. The predicted molar refractivity (Wildman–Crippen MR) is 125 cm³/mol. The number of urea groups is 1. The zero-order chi connectivity index (χ0) is 25.8. The molecule has 0 saturated carbocycles. The molecule has 4 aromatic rings. The molecule has 4 rings (SSSR count). The molecular weight excluding hydrogens is 466 g/mol. The van der Waals surface area contributed by atoms with Crippen LogP contribution < -0.4 is 15.4 Å². The van der Waals surface area contributed by atoms with Gasteiger partial charge in [-0.1, -0.05) is 13.8 Å². The van der Waals surface area contributed by atoms with Crippen molar-refractivity contribution in [3.05, 3.63) is 71.9 Å². The molecule has 0 spiro atoms. The van der Waals surface area contributed by atoms with Crippen LogP contribution in [0.3, 0.4) is 0 Å². The lowest BCUT2D eigenvalue weighted by molar-refractivity contribution is -0.139. The summed E-state index contributed by atoms with van der Waals surface area (Å²) in [6, 6.07) is 8.13. The van der Waals surface area contributed by atoms with Crippen LogP contribution in [0.15, 0.2) is 55.0 Å². The van der Waals surface area contributed by atoms with Gasteiger partial charge in [0.05, 0.1) is 11.1 Å². The summed E-state index contributed by atoms with van der Waals surface area (Å²) in [4.78, 5) is 20.6. The highest BCUT2D eigenvalue weighted by Gasteiger charge is 2.34. The van der Waals surface area contributed by atoms with E-state index in [4.69, 9.17) is 4.74 Å². The summed E-state index contributed by atoms with van der Waals surface area (Å²) in [6.45, 7) is 5.72. The second kappa shape index (κ2) is 10.4. The summed E-state index contributed by atoms with van der Waals surface area (Å²) < 4.78 is 59.7. The Bertz CT molecular complexity index is 1350. The Morgan fingerprint density at radius 1 is 1.03 bits per heavy atom. The molecular formula is C24H23F4N5O2. The van der Waals surface area contributed by atoms with Crippen molar-refractivity contribution in [1.82, 2.24) is 14.5 Å². The summed E-state index contributed by atoms with van der Waals surface area (Å²) in [6.07, 6.45) is -1.65. The second-order valence-electron chi connectivity index (χ2n) is 7.19. The molecule has 35 heavy (non-hydrogen) atoms. The minimum absolute atomic E-state index is 0.200. The summed E-state index contributed by atoms with van der Waals surface area (Å²) in [7, 11) is 1.84. The molecule has 0 bridgehead atoms. The lowest BCUT2D eigenvalue weighted by Crippen LogP contribution is -2.20.